The SMILES string of the molecule is Nc1nccnc1Nc1cc(Cl)c(F)c(Cl)c1. The van der Waals surface area contributed by atoms with E-state index in [4.69, 9.17) is 28.9 Å². The zero-order valence-electron chi connectivity index (χ0n) is 8.42. The molecule has 0 saturated heterocycles. The maximum absolute atomic E-state index is 13.2. The number of hydrogen-bond acceptors (Lipinski definition) is 4. The van der Waals surface area contributed by atoms with Crippen LogP contribution in [0.4, 0.5) is 21.7 Å². The van der Waals surface area contributed by atoms with Crippen molar-refractivity contribution in [1.82, 2.24) is 9.97 Å². The average molecular weight is 273 g/mol. The van der Waals surface area contributed by atoms with Gasteiger partial charge in [0.05, 0.1) is 10.0 Å². The van der Waals surface area contributed by atoms with Gasteiger partial charge in [-0.05, 0) is 12.1 Å². The Labute approximate surface area is 107 Å². The Bertz CT molecular complexity index is 539. The first-order chi connectivity index (χ1) is 8.08. The van der Waals surface area contributed by atoms with E-state index in [2.05, 4.69) is 15.3 Å². The van der Waals surface area contributed by atoms with Crippen LogP contribution in [0.15, 0.2) is 24.5 Å². The number of nitrogens with two attached hydrogens (primary N) is 1. The minimum atomic E-state index is -0.661. The van der Waals surface area contributed by atoms with Crippen LogP contribution < -0.4 is 11.1 Å². The Hall–Kier alpha value is -1.59. The summed E-state index contributed by atoms with van der Waals surface area (Å²) in [6.45, 7) is 0. The molecule has 0 aliphatic carbocycles. The Morgan fingerprint density at radius 2 is 1.71 bits per heavy atom. The minimum Gasteiger partial charge on any atom is -0.381 e. The Kier molecular flexibility index (Phi) is 3.31. The van der Waals surface area contributed by atoms with E-state index < -0.39 is 5.82 Å². The molecule has 1 aromatic carbocycles. The molecule has 1 aromatic heterocycles. The second-order valence-corrected chi connectivity index (χ2v) is 3.98. The first-order valence-electron chi connectivity index (χ1n) is 4.56. The lowest BCUT2D eigenvalue weighted by molar-refractivity contribution is 0.629. The Morgan fingerprint density at radius 3 is 2.29 bits per heavy atom. The van der Waals surface area contributed by atoms with Gasteiger partial charge < -0.3 is 11.1 Å². The summed E-state index contributed by atoms with van der Waals surface area (Å²) in [6.07, 6.45) is 2.94. The number of nitrogens with zero attached hydrogens (tertiary/aromatic N) is 2. The van der Waals surface area contributed by atoms with E-state index >= 15 is 0 Å². The minimum absolute atomic E-state index is 0.0811. The molecule has 0 unspecified atom stereocenters. The first-order valence-corrected chi connectivity index (χ1v) is 5.31. The largest absolute Gasteiger partial charge is 0.381 e. The van der Waals surface area contributed by atoms with E-state index in [0.717, 1.165) is 0 Å². The van der Waals surface area contributed by atoms with Gasteiger partial charge in [-0.15, -0.1) is 0 Å². The highest BCUT2D eigenvalue weighted by molar-refractivity contribution is 6.35. The van der Waals surface area contributed by atoms with Gasteiger partial charge in [0, 0.05) is 18.1 Å². The van der Waals surface area contributed by atoms with E-state index in [9.17, 15) is 4.39 Å². The fraction of sp³-hybridized carbons (Fsp3) is 0. The van der Waals surface area contributed by atoms with Crippen molar-refractivity contribution >= 4 is 40.5 Å². The number of anilines is 3. The van der Waals surface area contributed by atoms with Crippen LogP contribution in [0.2, 0.25) is 10.0 Å². The van der Waals surface area contributed by atoms with E-state index in [1.54, 1.807) is 0 Å². The lowest BCUT2D eigenvalue weighted by Gasteiger charge is -2.08. The van der Waals surface area contributed by atoms with Crippen LogP contribution in [0.3, 0.4) is 0 Å². The van der Waals surface area contributed by atoms with Crippen molar-refractivity contribution in [3.05, 3.63) is 40.4 Å². The van der Waals surface area contributed by atoms with Crippen LogP contribution in [0, 0.1) is 5.82 Å². The van der Waals surface area contributed by atoms with Gasteiger partial charge in [-0.2, -0.15) is 0 Å². The van der Waals surface area contributed by atoms with E-state index in [1.807, 2.05) is 0 Å². The summed E-state index contributed by atoms with van der Waals surface area (Å²) in [4.78, 5) is 7.83. The highest BCUT2D eigenvalue weighted by Gasteiger charge is 2.09. The zero-order chi connectivity index (χ0) is 12.4. The second kappa shape index (κ2) is 4.73. The van der Waals surface area contributed by atoms with Crippen molar-refractivity contribution in [2.75, 3.05) is 11.1 Å². The summed E-state index contributed by atoms with van der Waals surface area (Å²) in [5.41, 5.74) is 6.08. The molecule has 88 valence electrons. The number of nitrogens with one attached hydrogen (secondary N) is 1. The molecule has 0 amide bonds. The smallest absolute Gasteiger partial charge is 0.173 e. The zero-order valence-corrected chi connectivity index (χ0v) is 9.93. The highest BCUT2D eigenvalue weighted by Crippen LogP contribution is 2.29. The van der Waals surface area contributed by atoms with Crippen molar-refractivity contribution in [2.45, 2.75) is 0 Å². The highest BCUT2D eigenvalue weighted by atomic mass is 35.5. The number of rotatable bonds is 2. The van der Waals surface area contributed by atoms with Crippen molar-refractivity contribution in [2.24, 2.45) is 0 Å². The van der Waals surface area contributed by atoms with Crippen LogP contribution >= 0.6 is 23.2 Å². The molecule has 0 atom stereocenters. The Balaban J connectivity index is 2.34. The van der Waals surface area contributed by atoms with Gasteiger partial charge in [0.15, 0.2) is 17.5 Å². The molecule has 3 N–H and O–H groups in total. The quantitative estimate of drug-likeness (QED) is 0.824. The fourth-order valence-electron chi connectivity index (χ4n) is 1.21. The number of hydrogen-bond donors (Lipinski definition) is 2. The maximum Gasteiger partial charge on any atom is 0.173 e. The molecule has 2 aromatic rings. The molecule has 0 bridgehead atoms. The lowest BCUT2D eigenvalue weighted by Crippen LogP contribution is -2.01. The average Bonchev–Trinajstić information content (AvgIpc) is 2.29. The molecule has 4 nitrogen and oxygen atoms in total. The maximum atomic E-state index is 13.2. The second-order valence-electron chi connectivity index (χ2n) is 3.17. The van der Waals surface area contributed by atoms with Crippen molar-refractivity contribution in [3.8, 4) is 0 Å². The molecule has 1 heterocycles. The summed E-state index contributed by atoms with van der Waals surface area (Å²) < 4.78 is 13.2. The number of halogens is 3. The molecular formula is C10H7Cl2FN4. The van der Waals surface area contributed by atoms with Crippen LogP contribution in [-0.4, -0.2) is 9.97 Å². The molecule has 0 spiro atoms. The normalized spacial score (nSPS) is 10.3. The Morgan fingerprint density at radius 1 is 1.12 bits per heavy atom. The molecule has 0 radical (unpaired) electrons. The van der Waals surface area contributed by atoms with E-state index in [-0.39, 0.29) is 15.9 Å². The number of benzene rings is 1. The summed E-state index contributed by atoms with van der Waals surface area (Å²) in [5, 5.41) is 2.68. The van der Waals surface area contributed by atoms with Crippen LogP contribution in [0.1, 0.15) is 0 Å². The third kappa shape index (κ3) is 2.57. The molecule has 17 heavy (non-hydrogen) atoms. The number of nitrogen functional groups attached to an aromatic ring is 1. The number of aromatic nitrogens is 2. The molecule has 0 fully saturated rings. The predicted molar refractivity (Wildman–Crippen MR) is 66.1 cm³/mol. The topological polar surface area (TPSA) is 63.8 Å². The molecular weight excluding hydrogens is 266 g/mol. The van der Waals surface area contributed by atoms with Gasteiger partial charge in [-0.1, -0.05) is 23.2 Å². The van der Waals surface area contributed by atoms with Crippen LogP contribution in [0.25, 0.3) is 0 Å². The van der Waals surface area contributed by atoms with Crippen molar-refractivity contribution < 1.29 is 4.39 Å². The van der Waals surface area contributed by atoms with Gasteiger partial charge in [-0.25, -0.2) is 14.4 Å². The molecule has 7 heteroatoms. The fourth-order valence-corrected chi connectivity index (χ4v) is 1.70. The van der Waals surface area contributed by atoms with Gasteiger partial charge >= 0.3 is 0 Å². The summed E-state index contributed by atoms with van der Waals surface area (Å²) in [6, 6.07) is 2.77. The van der Waals surface area contributed by atoms with Gasteiger partial charge in [0.2, 0.25) is 0 Å². The summed E-state index contributed by atoms with van der Waals surface area (Å²) in [7, 11) is 0. The molecule has 0 aliphatic rings. The van der Waals surface area contributed by atoms with E-state index in [0.29, 0.717) is 11.5 Å². The van der Waals surface area contributed by atoms with Crippen LogP contribution in [0.5, 0.6) is 0 Å². The lowest BCUT2D eigenvalue weighted by atomic mass is 10.3. The van der Waals surface area contributed by atoms with Crippen molar-refractivity contribution in [3.63, 3.8) is 0 Å². The molecule has 0 aliphatic heterocycles. The standard InChI is InChI=1S/C10H7Cl2FN4/c11-6-3-5(4-7(12)8(6)13)17-10-9(14)15-1-2-16-10/h1-4H,(H2,14,15)(H,16,17). The van der Waals surface area contributed by atoms with Crippen molar-refractivity contribution in [1.29, 1.82) is 0 Å². The van der Waals surface area contributed by atoms with Gasteiger partial charge in [0.25, 0.3) is 0 Å². The summed E-state index contributed by atoms with van der Waals surface area (Å²) >= 11 is 11.3. The molecule has 2 rings (SSSR count). The third-order valence-corrected chi connectivity index (χ3v) is 2.52. The van der Waals surface area contributed by atoms with Crippen LogP contribution in [-0.2, 0) is 0 Å². The van der Waals surface area contributed by atoms with Gasteiger partial charge in [0.1, 0.15) is 0 Å². The first kappa shape index (κ1) is 11.9. The summed E-state index contributed by atoms with van der Waals surface area (Å²) in [5.74, 6) is -0.0821. The van der Waals surface area contributed by atoms with Gasteiger partial charge in [-0.3, -0.25) is 0 Å². The van der Waals surface area contributed by atoms with E-state index in [1.165, 1.54) is 24.5 Å². The third-order valence-electron chi connectivity index (χ3n) is 1.97. The monoisotopic (exact) mass is 272 g/mol. The predicted octanol–water partition coefficient (Wildman–Crippen LogP) is 3.25. The molecule has 0 saturated carbocycles.